The molecule has 2 aromatic carbocycles. The van der Waals surface area contributed by atoms with E-state index >= 15 is 0 Å². The Morgan fingerprint density at radius 1 is 1.30 bits per heavy atom. The number of hydrogen-bond donors (Lipinski definition) is 0. The molecule has 2 aromatic rings. The van der Waals surface area contributed by atoms with E-state index in [-0.39, 0.29) is 22.0 Å². The first kappa shape index (κ1) is 19.5. The summed E-state index contributed by atoms with van der Waals surface area (Å²) in [5.74, 6) is 1.12. The van der Waals surface area contributed by atoms with Crippen LogP contribution in [0.2, 0.25) is 5.02 Å². The van der Waals surface area contributed by atoms with Gasteiger partial charge in [-0.05, 0) is 37.1 Å². The molecule has 1 amide bonds. The van der Waals surface area contributed by atoms with E-state index in [4.69, 9.17) is 16.3 Å². The molecular formula is C19H19ClN2O4S. The number of nitro groups is 1. The molecule has 3 rings (SSSR count). The number of rotatable bonds is 6. The Bertz CT molecular complexity index is 890. The van der Waals surface area contributed by atoms with Gasteiger partial charge in [0.15, 0.2) is 0 Å². The standard InChI is InChI=1S/C19H19ClN2O4S/c1-12-3-6-17(13(2)9-12)26-8-7-21-18(23)11-27-19(21)14-4-5-15(20)16(10-14)22(24)25/h3-6,9-10,19H,7-8,11H2,1-2H3. The lowest BCUT2D eigenvalue weighted by Gasteiger charge is -2.24. The zero-order valence-electron chi connectivity index (χ0n) is 15.0. The first-order valence-electron chi connectivity index (χ1n) is 8.42. The molecule has 6 nitrogen and oxygen atoms in total. The minimum Gasteiger partial charge on any atom is -0.491 e. The summed E-state index contributed by atoms with van der Waals surface area (Å²) in [7, 11) is 0. The first-order chi connectivity index (χ1) is 12.9. The molecule has 1 atom stereocenters. The Hall–Kier alpha value is -2.25. The van der Waals surface area contributed by atoms with Gasteiger partial charge in [-0.15, -0.1) is 11.8 Å². The molecule has 1 saturated heterocycles. The van der Waals surface area contributed by atoms with Crippen molar-refractivity contribution >= 4 is 35.0 Å². The molecular weight excluding hydrogens is 388 g/mol. The van der Waals surface area contributed by atoms with E-state index in [1.54, 1.807) is 11.0 Å². The largest absolute Gasteiger partial charge is 0.491 e. The Morgan fingerprint density at radius 3 is 2.78 bits per heavy atom. The van der Waals surface area contributed by atoms with Crippen molar-refractivity contribution in [3.8, 4) is 5.75 Å². The molecule has 0 aliphatic carbocycles. The second-order valence-electron chi connectivity index (χ2n) is 6.34. The third kappa shape index (κ3) is 4.36. The van der Waals surface area contributed by atoms with Gasteiger partial charge in [-0.2, -0.15) is 0 Å². The molecule has 0 spiro atoms. The van der Waals surface area contributed by atoms with Crippen LogP contribution < -0.4 is 4.74 Å². The predicted octanol–water partition coefficient (Wildman–Crippen LogP) is 4.52. The molecule has 1 fully saturated rings. The number of nitrogens with zero attached hydrogens (tertiary/aromatic N) is 2. The van der Waals surface area contributed by atoms with Crippen LogP contribution in [0.5, 0.6) is 5.75 Å². The number of amides is 1. The Labute approximate surface area is 166 Å². The van der Waals surface area contributed by atoms with Gasteiger partial charge in [0, 0.05) is 6.07 Å². The average Bonchev–Trinajstić information content (AvgIpc) is 2.98. The van der Waals surface area contributed by atoms with Crippen LogP contribution in [0.1, 0.15) is 22.1 Å². The molecule has 0 N–H and O–H groups in total. The Kier molecular flexibility index (Phi) is 5.92. The van der Waals surface area contributed by atoms with E-state index in [2.05, 4.69) is 0 Å². The number of halogens is 1. The van der Waals surface area contributed by atoms with Gasteiger partial charge in [0.2, 0.25) is 5.91 Å². The average molecular weight is 407 g/mol. The zero-order chi connectivity index (χ0) is 19.6. The third-order valence-corrected chi connectivity index (χ3v) is 5.92. The monoisotopic (exact) mass is 406 g/mol. The lowest BCUT2D eigenvalue weighted by Crippen LogP contribution is -2.32. The maximum absolute atomic E-state index is 12.3. The molecule has 0 bridgehead atoms. The van der Waals surface area contributed by atoms with Crippen molar-refractivity contribution in [1.82, 2.24) is 4.90 Å². The van der Waals surface area contributed by atoms with E-state index in [9.17, 15) is 14.9 Å². The smallest absolute Gasteiger partial charge is 0.288 e. The van der Waals surface area contributed by atoms with Crippen LogP contribution >= 0.6 is 23.4 Å². The molecule has 142 valence electrons. The van der Waals surface area contributed by atoms with Gasteiger partial charge < -0.3 is 9.64 Å². The lowest BCUT2D eigenvalue weighted by atomic mass is 10.1. The van der Waals surface area contributed by atoms with Crippen LogP contribution in [0.15, 0.2) is 36.4 Å². The van der Waals surface area contributed by atoms with E-state index in [1.807, 2.05) is 32.0 Å². The van der Waals surface area contributed by atoms with Crippen LogP contribution in [-0.4, -0.2) is 34.6 Å². The summed E-state index contributed by atoms with van der Waals surface area (Å²) in [4.78, 5) is 24.6. The fourth-order valence-electron chi connectivity index (χ4n) is 3.01. The van der Waals surface area contributed by atoms with Crippen molar-refractivity contribution < 1.29 is 14.5 Å². The van der Waals surface area contributed by atoms with E-state index < -0.39 is 4.92 Å². The number of hydrogen-bond acceptors (Lipinski definition) is 5. The van der Waals surface area contributed by atoms with Crippen molar-refractivity contribution in [2.45, 2.75) is 19.2 Å². The molecule has 1 unspecified atom stereocenters. The number of carbonyl (C=O) groups is 1. The Balaban J connectivity index is 1.71. The fourth-order valence-corrected chi connectivity index (χ4v) is 4.41. The topological polar surface area (TPSA) is 72.7 Å². The number of thioether (sulfide) groups is 1. The summed E-state index contributed by atoms with van der Waals surface area (Å²) in [5, 5.41) is 10.9. The molecule has 27 heavy (non-hydrogen) atoms. The highest BCUT2D eigenvalue weighted by atomic mass is 35.5. The summed E-state index contributed by atoms with van der Waals surface area (Å²) < 4.78 is 5.83. The van der Waals surface area contributed by atoms with Gasteiger partial charge >= 0.3 is 0 Å². The van der Waals surface area contributed by atoms with Crippen molar-refractivity contribution in [2.75, 3.05) is 18.9 Å². The highest BCUT2D eigenvalue weighted by Gasteiger charge is 2.33. The van der Waals surface area contributed by atoms with Crippen molar-refractivity contribution in [2.24, 2.45) is 0 Å². The molecule has 1 aliphatic heterocycles. The van der Waals surface area contributed by atoms with E-state index in [0.717, 1.165) is 16.9 Å². The van der Waals surface area contributed by atoms with Crippen molar-refractivity contribution in [3.63, 3.8) is 0 Å². The number of aryl methyl sites for hydroxylation is 2. The van der Waals surface area contributed by atoms with Gasteiger partial charge in [0.05, 0.1) is 17.2 Å². The van der Waals surface area contributed by atoms with Gasteiger partial charge in [-0.3, -0.25) is 14.9 Å². The minimum atomic E-state index is -0.513. The summed E-state index contributed by atoms with van der Waals surface area (Å²) in [6, 6.07) is 10.6. The van der Waals surface area contributed by atoms with E-state index in [0.29, 0.717) is 24.5 Å². The zero-order valence-corrected chi connectivity index (χ0v) is 16.5. The highest BCUT2D eigenvalue weighted by Crippen LogP contribution is 2.40. The minimum absolute atomic E-state index is 0.00756. The molecule has 8 heteroatoms. The predicted molar refractivity (Wildman–Crippen MR) is 106 cm³/mol. The normalized spacial score (nSPS) is 16.6. The summed E-state index contributed by atoms with van der Waals surface area (Å²) in [6.45, 7) is 4.75. The molecule has 0 aromatic heterocycles. The summed E-state index contributed by atoms with van der Waals surface area (Å²) in [6.07, 6.45) is 0. The fraction of sp³-hybridized carbons (Fsp3) is 0.316. The second kappa shape index (κ2) is 8.19. The SMILES string of the molecule is Cc1ccc(OCCN2C(=O)CSC2c2ccc(Cl)c([N+](=O)[O-])c2)c(C)c1. The van der Waals surface area contributed by atoms with Gasteiger partial charge in [-0.25, -0.2) is 0 Å². The third-order valence-electron chi connectivity index (χ3n) is 4.34. The highest BCUT2D eigenvalue weighted by molar-refractivity contribution is 8.00. The van der Waals surface area contributed by atoms with Crippen LogP contribution in [0, 0.1) is 24.0 Å². The van der Waals surface area contributed by atoms with Gasteiger partial charge in [0.1, 0.15) is 22.8 Å². The van der Waals surface area contributed by atoms with Crippen LogP contribution in [0.3, 0.4) is 0 Å². The van der Waals surface area contributed by atoms with Crippen LogP contribution in [-0.2, 0) is 4.79 Å². The first-order valence-corrected chi connectivity index (χ1v) is 9.84. The van der Waals surface area contributed by atoms with E-state index in [1.165, 1.54) is 23.9 Å². The summed E-state index contributed by atoms with van der Waals surface area (Å²) >= 11 is 7.34. The maximum Gasteiger partial charge on any atom is 0.288 e. The Morgan fingerprint density at radius 2 is 2.07 bits per heavy atom. The van der Waals surface area contributed by atoms with Crippen LogP contribution in [0.25, 0.3) is 0 Å². The second-order valence-corrected chi connectivity index (χ2v) is 7.81. The quantitative estimate of drug-likeness (QED) is 0.521. The molecule has 0 saturated carbocycles. The van der Waals surface area contributed by atoms with Gasteiger partial charge in [0.25, 0.3) is 5.69 Å². The number of benzene rings is 2. The summed E-state index contributed by atoms with van der Waals surface area (Å²) in [5.41, 5.74) is 2.74. The van der Waals surface area contributed by atoms with Crippen molar-refractivity contribution in [1.29, 1.82) is 0 Å². The molecule has 1 heterocycles. The molecule has 0 radical (unpaired) electrons. The number of nitro benzene ring substituents is 1. The maximum atomic E-state index is 12.3. The van der Waals surface area contributed by atoms with Crippen molar-refractivity contribution in [3.05, 3.63) is 68.2 Å². The molecule has 1 aliphatic rings. The van der Waals surface area contributed by atoms with Crippen LogP contribution in [0.4, 0.5) is 5.69 Å². The van der Waals surface area contributed by atoms with Gasteiger partial charge in [-0.1, -0.05) is 35.4 Å². The number of carbonyl (C=O) groups excluding carboxylic acids is 1. The lowest BCUT2D eigenvalue weighted by molar-refractivity contribution is -0.384. The number of ether oxygens (including phenoxy) is 1.